The minimum atomic E-state index is -0.496. The first-order chi connectivity index (χ1) is 9.97. The summed E-state index contributed by atoms with van der Waals surface area (Å²) in [5.74, 6) is 0.356. The number of hydrogen-bond acceptors (Lipinski definition) is 3. The summed E-state index contributed by atoms with van der Waals surface area (Å²) in [6, 6.07) is 8.79. The van der Waals surface area contributed by atoms with E-state index in [-0.39, 0.29) is 5.91 Å². The van der Waals surface area contributed by atoms with Gasteiger partial charge in [0.25, 0.3) is 0 Å². The van der Waals surface area contributed by atoms with Crippen molar-refractivity contribution >= 4 is 17.7 Å². The molecule has 1 aromatic rings. The van der Waals surface area contributed by atoms with Gasteiger partial charge in [-0.25, -0.2) is 0 Å². The number of rotatable bonds is 6. The monoisotopic (exact) mass is 306 g/mol. The van der Waals surface area contributed by atoms with Gasteiger partial charge in [0.05, 0.1) is 5.54 Å². The molecule has 2 rings (SSSR count). The SMILES string of the molecule is CCNC1(C(N)=O)CCC(Sc2ccc(C(C)C)cc2)C1. The minimum Gasteiger partial charge on any atom is -0.368 e. The molecule has 0 spiro atoms. The number of primary amides is 1. The van der Waals surface area contributed by atoms with Crippen LogP contribution in [0.2, 0.25) is 0 Å². The molecule has 2 atom stereocenters. The topological polar surface area (TPSA) is 55.1 Å². The zero-order valence-electron chi connectivity index (χ0n) is 13.2. The fourth-order valence-corrected chi connectivity index (χ4v) is 4.32. The van der Waals surface area contributed by atoms with E-state index in [0.29, 0.717) is 11.2 Å². The van der Waals surface area contributed by atoms with E-state index in [9.17, 15) is 4.79 Å². The molecule has 116 valence electrons. The van der Waals surface area contributed by atoms with Crippen molar-refractivity contribution in [3.8, 4) is 0 Å². The molecular formula is C17H26N2OS. The lowest BCUT2D eigenvalue weighted by Gasteiger charge is -2.26. The van der Waals surface area contributed by atoms with Crippen molar-refractivity contribution in [3.63, 3.8) is 0 Å². The van der Waals surface area contributed by atoms with Crippen molar-refractivity contribution < 1.29 is 4.79 Å². The Morgan fingerprint density at radius 2 is 2.10 bits per heavy atom. The molecule has 0 saturated heterocycles. The first-order valence-corrected chi connectivity index (χ1v) is 8.66. The van der Waals surface area contributed by atoms with Gasteiger partial charge in [0, 0.05) is 10.1 Å². The molecule has 0 aliphatic heterocycles. The molecule has 0 bridgehead atoms. The Balaban J connectivity index is 2.00. The maximum absolute atomic E-state index is 11.8. The van der Waals surface area contributed by atoms with Crippen molar-refractivity contribution in [1.29, 1.82) is 0 Å². The van der Waals surface area contributed by atoms with Crippen LogP contribution in [-0.4, -0.2) is 23.2 Å². The third kappa shape index (κ3) is 3.80. The molecule has 2 unspecified atom stereocenters. The van der Waals surface area contributed by atoms with E-state index in [2.05, 4.69) is 43.4 Å². The normalized spacial score (nSPS) is 25.4. The van der Waals surface area contributed by atoms with Gasteiger partial charge in [-0.3, -0.25) is 4.79 Å². The summed E-state index contributed by atoms with van der Waals surface area (Å²) in [4.78, 5) is 13.1. The standard InChI is InChI=1S/C17H26N2OS/c1-4-19-17(16(18)20)10-9-15(11-17)21-14-7-5-13(6-8-14)12(2)3/h5-8,12,15,19H,4,9-11H2,1-3H3,(H2,18,20). The lowest BCUT2D eigenvalue weighted by molar-refractivity contribution is -0.124. The molecule has 3 N–H and O–H groups in total. The molecule has 1 amide bonds. The summed E-state index contributed by atoms with van der Waals surface area (Å²) in [7, 11) is 0. The van der Waals surface area contributed by atoms with Gasteiger partial charge >= 0.3 is 0 Å². The van der Waals surface area contributed by atoms with Gasteiger partial charge in [0.2, 0.25) is 5.91 Å². The Hall–Kier alpha value is -1.00. The highest BCUT2D eigenvalue weighted by molar-refractivity contribution is 8.00. The molecule has 0 radical (unpaired) electrons. The van der Waals surface area contributed by atoms with Gasteiger partial charge in [-0.05, 0) is 49.4 Å². The third-order valence-electron chi connectivity index (χ3n) is 4.31. The van der Waals surface area contributed by atoms with Crippen LogP contribution in [0.25, 0.3) is 0 Å². The van der Waals surface area contributed by atoms with E-state index in [1.165, 1.54) is 10.5 Å². The molecule has 1 aliphatic rings. The van der Waals surface area contributed by atoms with Crippen molar-refractivity contribution in [3.05, 3.63) is 29.8 Å². The van der Waals surface area contributed by atoms with Gasteiger partial charge in [-0.2, -0.15) is 0 Å². The number of likely N-dealkylation sites (N-methyl/N-ethyl adjacent to an activating group) is 1. The highest BCUT2D eigenvalue weighted by Crippen LogP contribution is 2.40. The van der Waals surface area contributed by atoms with Crippen molar-refractivity contribution in [2.75, 3.05) is 6.54 Å². The zero-order valence-corrected chi connectivity index (χ0v) is 14.0. The summed E-state index contributed by atoms with van der Waals surface area (Å²) in [5, 5.41) is 3.77. The molecule has 1 fully saturated rings. The van der Waals surface area contributed by atoms with Crippen LogP contribution in [-0.2, 0) is 4.79 Å². The van der Waals surface area contributed by atoms with Crippen LogP contribution in [0.3, 0.4) is 0 Å². The molecule has 1 aliphatic carbocycles. The van der Waals surface area contributed by atoms with Gasteiger partial charge in [0.1, 0.15) is 0 Å². The van der Waals surface area contributed by atoms with Gasteiger partial charge < -0.3 is 11.1 Å². The average Bonchev–Trinajstić information content (AvgIpc) is 2.84. The number of nitrogens with one attached hydrogen (secondary N) is 1. The van der Waals surface area contributed by atoms with Crippen LogP contribution >= 0.6 is 11.8 Å². The molecule has 21 heavy (non-hydrogen) atoms. The van der Waals surface area contributed by atoms with E-state index in [0.717, 1.165) is 25.8 Å². The maximum Gasteiger partial charge on any atom is 0.237 e. The van der Waals surface area contributed by atoms with Gasteiger partial charge in [0.15, 0.2) is 0 Å². The Morgan fingerprint density at radius 1 is 1.43 bits per heavy atom. The van der Waals surface area contributed by atoms with Crippen LogP contribution in [0.1, 0.15) is 51.5 Å². The second-order valence-corrected chi connectivity index (χ2v) is 7.56. The second kappa shape index (κ2) is 6.84. The summed E-state index contributed by atoms with van der Waals surface area (Å²) in [6.07, 6.45) is 2.71. The molecule has 3 nitrogen and oxygen atoms in total. The Bertz CT molecular complexity index is 486. The summed E-state index contributed by atoms with van der Waals surface area (Å²) >= 11 is 1.87. The Labute approximate surface area is 132 Å². The maximum atomic E-state index is 11.8. The second-order valence-electron chi connectivity index (χ2n) is 6.18. The number of amides is 1. The summed E-state index contributed by atoms with van der Waals surface area (Å²) in [5.41, 5.74) is 6.49. The van der Waals surface area contributed by atoms with E-state index < -0.39 is 5.54 Å². The van der Waals surface area contributed by atoms with E-state index >= 15 is 0 Å². The van der Waals surface area contributed by atoms with Crippen LogP contribution in [0, 0.1) is 0 Å². The van der Waals surface area contributed by atoms with E-state index in [4.69, 9.17) is 5.73 Å². The molecule has 0 heterocycles. The predicted octanol–water partition coefficient (Wildman–Crippen LogP) is 3.29. The Morgan fingerprint density at radius 3 is 2.62 bits per heavy atom. The molecule has 0 aromatic heterocycles. The highest BCUT2D eigenvalue weighted by atomic mass is 32.2. The number of thioether (sulfide) groups is 1. The van der Waals surface area contributed by atoms with E-state index in [1.54, 1.807) is 0 Å². The molecular weight excluding hydrogens is 280 g/mol. The quantitative estimate of drug-likeness (QED) is 0.848. The zero-order chi connectivity index (χ0) is 15.5. The largest absolute Gasteiger partial charge is 0.368 e. The van der Waals surface area contributed by atoms with E-state index in [1.807, 2.05) is 18.7 Å². The number of hydrogen-bond donors (Lipinski definition) is 2. The smallest absolute Gasteiger partial charge is 0.237 e. The fourth-order valence-electron chi connectivity index (χ4n) is 3.03. The van der Waals surface area contributed by atoms with Crippen molar-refractivity contribution in [2.24, 2.45) is 5.73 Å². The number of carbonyl (C=O) groups is 1. The fraction of sp³-hybridized carbons (Fsp3) is 0.588. The van der Waals surface area contributed by atoms with Crippen LogP contribution in [0.15, 0.2) is 29.2 Å². The third-order valence-corrected chi connectivity index (χ3v) is 5.59. The van der Waals surface area contributed by atoms with Crippen LogP contribution < -0.4 is 11.1 Å². The molecule has 4 heteroatoms. The average molecular weight is 306 g/mol. The summed E-state index contributed by atoms with van der Waals surface area (Å²) < 4.78 is 0. The van der Waals surface area contributed by atoms with Gasteiger partial charge in [-0.15, -0.1) is 11.8 Å². The Kier molecular flexibility index (Phi) is 5.33. The molecule has 1 saturated carbocycles. The molecule has 1 aromatic carbocycles. The lowest BCUT2D eigenvalue weighted by atomic mass is 9.97. The first kappa shape index (κ1) is 16.4. The number of benzene rings is 1. The lowest BCUT2D eigenvalue weighted by Crippen LogP contribution is -2.53. The summed E-state index contributed by atoms with van der Waals surface area (Å²) in [6.45, 7) is 7.21. The highest BCUT2D eigenvalue weighted by Gasteiger charge is 2.43. The first-order valence-electron chi connectivity index (χ1n) is 7.78. The predicted molar refractivity (Wildman–Crippen MR) is 89.6 cm³/mol. The van der Waals surface area contributed by atoms with Crippen LogP contribution in [0.5, 0.6) is 0 Å². The van der Waals surface area contributed by atoms with Crippen molar-refractivity contribution in [1.82, 2.24) is 5.32 Å². The minimum absolute atomic E-state index is 0.206. The van der Waals surface area contributed by atoms with Crippen molar-refractivity contribution in [2.45, 2.75) is 61.6 Å². The number of nitrogens with two attached hydrogens (primary N) is 1. The van der Waals surface area contributed by atoms with Crippen LogP contribution in [0.4, 0.5) is 0 Å². The van der Waals surface area contributed by atoms with Gasteiger partial charge in [-0.1, -0.05) is 32.9 Å². The number of carbonyl (C=O) groups excluding carboxylic acids is 1.